The average Bonchev–Trinajstić information content (AvgIpc) is 3.13. The first-order valence-corrected chi connectivity index (χ1v) is 10.4. The summed E-state index contributed by atoms with van der Waals surface area (Å²) in [7, 11) is -3.76. The van der Waals surface area contributed by atoms with E-state index in [9.17, 15) is 13.2 Å². The first-order valence-electron chi connectivity index (χ1n) is 8.18. The van der Waals surface area contributed by atoms with Crippen molar-refractivity contribution in [3.05, 3.63) is 46.9 Å². The lowest BCUT2D eigenvalue weighted by atomic mass is 10.0. The summed E-state index contributed by atoms with van der Waals surface area (Å²) >= 11 is 3.45. The first kappa shape index (κ1) is 16.6. The van der Waals surface area contributed by atoms with E-state index in [-0.39, 0.29) is 17.3 Å². The normalized spacial score (nSPS) is 18.0. The molecule has 25 heavy (non-hydrogen) atoms. The van der Waals surface area contributed by atoms with Crippen LogP contribution in [0.15, 0.2) is 51.8 Å². The molecule has 0 spiro atoms. The van der Waals surface area contributed by atoms with Crippen LogP contribution in [0.1, 0.15) is 12.8 Å². The SMILES string of the molecule is O=C(CN1c2ccc(Br)cc2-c2ccccc2S1(=O)=O)N1CCCC1. The summed E-state index contributed by atoms with van der Waals surface area (Å²) < 4.78 is 28.4. The number of amides is 1. The minimum atomic E-state index is -3.76. The van der Waals surface area contributed by atoms with E-state index in [2.05, 4.69) is 15.9 Å². The van der Waals surface area contributed by atoms with Crippen LogP contribution in [0.3, 0.4) is 0 Å². The Kier molecular flexibility index (Phi) is 4.08. The molecule has 2 aliphatic heterocycles. The minimum Gasteiger partial charge on any atom is -0.341 e. The molecular weight excluding hydrogens is 404 g/mol. The van der Waals surface area contributed by atoms with E-state index in [1.165, 1.54) is 4.31 Å². The fourth-order valence-electron chi connectivity index (χ4n) is 3.46. The van der Waals surface area contributed by atoms with Gasteiger partial charge in [0, 0.05) is 28.7 Å². The number of carbonyl (C=O) groups is 1. The molecule has 2 heterocycles. The van der Waals surface area contributed by atoms with Gasteiger partial charge in [-0.05, 0) is 37.1 Å². The van der Waals surface area contributed by atoms with Gasteiger partial charge in [0.25, 0.3) is 10.0 Å². The lowest BCUT2D eigenvalue weighted by Gasteiger charge is -2.32. The Bertz CT molecular complexity index is 953. The van der Waals surface area contributed by atoms with Crippen LogP contribution in [0, 0.1) is 0 Å². The van der Waals surface area contributed by atoms with E-state index in [4.69, 9.17) is 0 Å². The highest BCUT2D eigenvalue weighted by Gasteiger charge is 2.36. The molecular formula is C18H17BrN2O3S. The Morgan fingerprint density at radius 1 is 1.04 bits per heavy atom. The third-order valence-corrected chi connectivity index (χ3v) is 7.02. The van der Waals surface area contributed by atoms with Gasteiger partial charge in [-0.1, -0.05) is 34.1 Å². The van der Waals surface area contributed by atoms with Crippen molar-refractivity contribution in [2.75, 3.05) is 23.9 Å². The zero-order valence-corrected chi connectivity index (χ0v) is 15.9. The summed E-state index contributed by atoms with van der Waals surface area (Å²) in [6, 6.07) is 12.4. The van der Waals surface area contributed by atoms with Crippen molar-refractivity contribution in [3.8, 4) is 11.1 Å². The largest absolute Gasteiger partial charge is 0.341 e. The summed E-state index contributed by atoms with van der Waals surface area (Å²) in [4.78, 5) is 14.6. The van der Waals surface area contributed by atoms with Gasteiger partial charge in [-0.25, -0.2) is 8.42 Å². The van der Waals surface area contributed by atoms with E-state index in [0.717, 1.165) is 22.9 Å². The molecule has 0 bridgehead atoms. The number of hydrogen-bond acceptors (Lipinski definition) is 3. The lowest BCUT2D eigenvalue weighted by Crippen LogP contribution is -2.43. The fraction of sp³-hybridized carbons (Fsp3) is 0.278. The summed E-state index contributed by atoms with van der Waals surface area (Å²) in [5, 5.41) is 0. The molecule has 0 atom stereocenters. The highest BCUT2D eigenvalue weighted by Crippen LogP contribution is 2.43. The van der Waals surface area contributed by atoms with Crippen molar-refractivity contribution >= 4 is 37.5 Å². The number of anilines is 1. The van der Waals surface area contributed by atoms with Crippen LogP contribution in [-0.2, 0) is 14.8 Å². The van der Waals surface area contributed by atoms with E-state index in [1.807, 2.05) is 12.1 Å². The molecule has 0 aromatic heterocycles. The van der Waals surface area contributed by atoms with Gasteiger partial charge in [0.15, 0.2) is 0 Å². The molecule has 130 valence electrons. The van der Waals surface area contributed by atoms with Crippen LogP contribution in [0.4, 0.5) is 5.69 Å². The third-order valence-electron chi connectivity index (χ3n) is 4.71. The number of sulfonamides is 1. The van der Waals surface area contributed by atoms with Gasteiger partial charge in [0.05, 0.1) is 10.6 Å². The van der Waals surface area contributed by atoms with Gasteiger partial charge in [-0.3, -0.25) is 9.10 Å². The Morgan fingerprint density at radius 3 is 2.52 bits per heavy atom. The highest BCUT2D eigenvalue weighted by molar-refractivity contribution is 9.10. The predicted molar refractivity (Wildman–Crippen MR) is 99.9 cm³/mol. The van der Waals surface area contributed by atoms with E-state index in [0.29, 0.717) is 24.3 Å². The molecule has 7 heteroatoms. The molecule has 0 radical (unpaired) electrons. The van der Waals surface area contributed by atoms with Gasteiger partial charge >= 0.3 is 0 Å². The van der Waals surface area contributed by atoms with Crippen LogP contribution >= 0.6 is 15.9 Å². The molecule has 2 aromatic rings. The molecule has 0 N–H and O–H groups in total. The lowest BCUT2D eigenvalue weighted by molar-refractivity contribution is -0.128. The van der Waals surface area contributed by atoms with E-state index < -0.39 is 10.0 Å². The minimum absolute atomic E-state index is 0.144. The summed E-state index contributed by atoms with van der Waals surface area (Å²) in [6.07, 6.45) is 1.95. The number of halogens is 1. The molecule has 2 aliphatic rings. The molecule has 1 amide bonds. The molecule has 4 rings (SSSR count). The number of benzene rings is 2. The fourth-order valence-corrected chi connectivity index (χ4v) is 5.47. The zero-order chi connectivity index (χ0) is 17.6. The van der Waals surface area contributed by atoms with E-state index in [1.54, 1.807) is 35.2 Å². The predicted octanol–water partition coefficient (Wildman–Crippen LogP) is 3.25. The van der Waals surface area contributed by atoms with Gasteiger partial charge in [-0.15, -0.1) is 0 Å². The zero-order valence-electron chi connectivity index (χ0n) is 13.5. The molecule has 0 saturated carbocycles. The van der Waals surface area contributed by atoms with Crippen LogP contribution in [0.2, 0.25) is 0 Å². The maximum atomic E-state index is 13.1. The monoisotopic (exact) mass is 420 g/mol. The average molecular weight is 421 g/mol. The number of carbonyl (C=O) groups excluding carboxylic acids is 1. The first-order chi connectivity index (χ1) is 12.0. The van der Waals surface area contributed by atoms with Gasteiger partial charge in [-0.2, -0.15) is 0 Å². The number of hydrogen-bond donors (Lipinski definition) is 0. The summed E-state index contributed by atoms with van der Waals surface area (Å²) in [5.41, 5.74) is 2.03. The summed E-state index contributed by atoms with van der Waals surface area (Å²) in [6.45, 7) is 1.25. The second-order valence-corrected chi connectivity index (χ2v) is 9.00. The van der Waals surface area contributed by atoms with Gasteiger partial charge < -0.3 is 4.90 Å². The summed E-state index contributed by atoms with van der Waals surface area (Å²) in [5.74, 6) is -0.144. The quantitative estimate of drug-likeness (QED) is 0.748. The molecule has 0 aliphatic carbocycles. The molecule has 1 saturated heterocycles. The molecule has 2 aromatic carbocycles. The topological polar surface area (TPSA) is 57.7 Å². The Balaban J connectivity index is 1.83. The molecule has 5 nitrogen and oxygen atoms in total. The highest BCUT2D eigenvalue weighted by atomic mass is 79.9. The number of nitrogens with zero attached hydrogens (tertiary/aromatic N) is 2. The van der Waals surface area contributed by atoms with Crippen molar-refractivity contribution < 1.29 is 13.2 Å². The molecule has 0 unspecified atom stereocenters. The second-order valence-electron chi connectivity index (χ2n) is 6.26. The van der Waals surface area contributed by atoms with Gasteiger partial charge in [0.2, 0.25) is 5.91 Å². The van der Waals surface area contributed by atoms with Crippen molar-refractivity contribution in [1.29, 1.82) is 0 Å². The number of rotatable bonds is 2. The third kappa shape index (κ3) is 2.75. The van der Waals surface area contributed by atoms with Crippen molar-refractivity contribution in [2.45, 2.75) is 17.7 Å². The Labute approximate surface area is 155 Å². The van der Waals surface area contributed by atoms with E-state index >= 15 is 0 Å². The van der Waals surface area contributed by atoms with Crippen LogP contribution in [0.5, 0.6) is 0 Å². The number of likely N-dealkylation sites (tertiary alicyclic amines) is 1. The van der Waals surface area contributed by atoms with Crippen LogP contribution < -0.4 is 4.31 Å². The Morgan fingerprint density at radius 2 is 1.76 bits per heavy atom. The standard InChI is InChI=1S/C18H17BrN2O3S/c19-13-7-8-16-15(11-13)14-5-1-2-6-17(14)25(23,24)21(16)12-18(22)20-9-3-4-10-20/h1-2,5-8,11H,3-4,9-10,12H2. The van der Waals surface area contributed by atoms with Gasteiger partial charge in [0.1, 0.15) is 6.54 Å². The second kappa shape index (κ2) is 6.14. The number of fused-ring (bicyclic) bond motifs is 3. The van der Waals surface area contributed by atoms with Crippen LogP contribution in [0.25, 0.3) is 11.1 Å². The van der Waals surface area contributed by atoms with Crippen molar-refractivity contribution in [2.24, 2.45) is 0 Å². The van der Waals surface area contributed by atoms with Crippen molar-refractivity contribution in [3.63, 3.8) is 0 Å². The smallest absolute Gasteiger partial charge is 0.265 e. The maximum absolute atomic E-state index is 13.1. The van der Waals surface area contributed by atoms with Crippen molar-refractivity contribution in [1.82, 2.24) is 4.90 Å². The van der Waals surface area contributed by atoms with Crippen LogP contribution in [-0.4, -0.2) is 38.9 Å². The molecule has 1 fully saturated rings. The maximum Gasteiger partial charge on any atom is 0.265 e. The Hall–Kier alpha value is -1.86.